The van der Waals surface area contributed by atoms with Gasteiger partial charge in [0.15, 0.2) is 0 Å². The number of aryl methyl sites for hydroxylation is 3. The fourth-order valence-electron chi connectivity index (χ4n) is 5.18. The minimum atomic E-state index is -5.08. The fraction of sp³-hybridized carbons (Fsp3) is 0.400. The van der Waals surface area contributed by atoms with Crippen molar-refractivity contribution in [3.05, 3.63) is 70.9 Å². The summed E-state index contributed by atoms with van der Waals surface area (Å²) in [4.78, 5) is 11.5. The zero-order valence-electron chi connectivity index (χ0n) is 18.2. The van der Waals surface area contributed by atoms with Crippen molar-refractivity contribution >= 4 is 16.9 Å². The molecule has 2 aliphatic rings. The Morgan fingerprint density at radius 1 is 1.09 bits per heavy atom. The second-order valence-electron chi connectivity index (χ2n) is 8.63. The number of alkyl halides is 3. The maximum Gasteiger partial charge on any atom is 0.490 e. The van der Waals surface area contributed by atoms with E-state index < -0.39 is 12.1 Å². The van der Waals surface area contributed by atoms with Gasteiger partial charge in [-0.15, -0.1) is 0 Å². The third kappa shape index (κ3) is 4.13. The largest absolute Gasteiger partial charge is 0.490 e. The van der Waals surface area contributed by atoms with Gasteiger partial charge < -0.3 is 9.67 Å². The summed E-state index contributed by atoms with van der Waals surface area (Å²) in [6.07, 6.45) is -0.0876. The van der Waals surface area contributed by atoms with E-state index in [1.807, 2.05) is 0 Å². The fourth-order valence-corrected chi connectivity index (χ4v) is 5.18. The Labute approximate surface area is 185 Å². The number of aliphatic carboxylic acids is 1. The van der Waals surface area contributed by atoms with Gasteiger partial charge in [-0.05, 0) is 56.0 Å². The molecule has 0 saturated carbocycles. The standard InChI is InChI=1S/C23H26N2.C2HF3O2/c1-16-7-3-4-8-17(16)13-14-25-20-10-6-5-9-19(20)23-21-12-11-18(24(21)2)15-22(23)25;3-2(4,5)1(6)7/h3-10,18,21H,11-15H2,1-2H3;(H,6,7). The molecular formula is C25H27F3N2O2. The van der Waals surface area contributed by atoms with Crippen molar-refractivity contribution in [3.8, 4) is 0 Å². The first-order valence-corrected chi connectivity index (χ1v) is 10.8. The molecule has 1 fully saturated rings. The van der Waals surface area contributed by atoms with Crippen LogP contribution in [0.3, 0.4) is 0 Å². The highest BCUT2D eigenvalue weighted by atomic mass is 19.4. The second kappa shape index (κ2) is 8.62. The molecule has 2 unspecified atom stereocenters. The lowest BCUT2D eigenvalue weighted by Crippen LogP contribution is -2.34. The molecule has 32 heavy (non-hydrogen) atoms. The highest BCUT2D eigenvalue weighted by Gasteiger charge is 2.40. The normalized spacial score (nSPS) is 20.0. The van der Waals surface area contributed by atoms with Gasteiger partial charge in [-0.25, -0.2) is 4.79 Å². The van der Waals surface area contributed by atoms with Crippen molar-refractivity contribution in [1.29, 1.82) is 0 Å². The van der Waals surface area contributed by atoms with E-state index in [0.717, 1.165) is 19.0 Å². The number of rotatable bonds is 3. The lowest BCUT2D eigenvalue weighted by atomic mass is 9.97. The SMILES string of the molecule is Cc1ccccc1CCn1c2c(c3ccccc31)C1CCC(C2)N1C.O=C(O)C(F)(F)F. The number of carboxylic acids is 1. The summed E-state index contributed by atoms with van der Waals surface area (Å²) in [6.45, 7) is 3.32. The van der Waals surface area contributed by atoms with Gasteiger partial charge in [0.1, 0.15) is 0 Å². The Bertz CT molecular complexity index is 1140. The van der Waals surface area contributed by atoms with Crippen LogP contribution in [0.25, 0.3) is 10.9 Å². The first kappa shape index (κ1) is 22.4. The maximum atomic E-state index is 10.6. The molecule has 1 aromatic heterocycles. The van der Waals surface area contributed by atoms with Crippen LogP contribution >= 0.6 is 0 Å². The van der Waals surface area contributed by atoms with Crippen LogP contribution in [0.15, 0.2) is 48.5 Å². The van der Waals surface area contributed by atoms with Crippen LogP contribution < -0.4 is 0 Å². The molecule has 7 heteroatoms. The van der Waals surface area contributed by atoms with Crippen LogP contribution in [0.2, 0.25) is 0 Å². The molecule has 0 aliphatic carbocycles. The van der Waals surface area contributed by atoms with E-state index in [4.69, 9.17) is 9.90 Å². The molecular weight excluding hydrogens is 417 g/mol. The Kier molecular flexibility index (Phi) is 6.03. The van der Waals surface area contributed by atoms with Crippen molar-refractivity contribution in [2.45, 2.75) is 57.4 Å². The van der Waals surface area contributed by atoms with Gasteiger partial charge in [0.2, 0.25) is 0 Å². The van der Waals surface area contributed by atoms with Gasteiger partial charge in [-0.1, -0.05) is 42.5 Å². The first-order chi connectivity index (χ1) is 15.2. The molecule has 2 atom stereocenters. The van der Waals surface area contributed by atoms with Gasteiger partial charge in [0, 0.05) is 41.6 Å². The van der Waals surface area contributed by atoms with Crippen molar-refractivity contribution in [2.24, 2.45) is 0 Å². The third-order valence-corrected chi connectivity index (χ3v) is 6.83. The molecule has 1 N–H and O–H groups in total. The quantitative estimate of drug-likeness (QED) is 0.579. The maximum absolute atomic E-state index is 10.6. The van der Waals surface area contributed by atoms with Crippen molar-refractivity contribution in [1.82, 2.24) is 9.47 Å². The summed E-state index contributed by atoms with van der Waals surface area (Å²) in [7, 11) is 2.32. The summed E-state index contributed by atoms with van der Waals surface area (Å²) in [5.41, 5.74) is 7.55. The molecule has 2 bridgehead atoms. The number of aromatic nitrogens is 1. The summed E-state index contributed by atoms with van der Waals surface area (Å²) < 4.78 is 34.4. The minimum Gasteiger partial charge on any atom is -0.475 e. The zero-order valence-corrected chi connectivity index (χ0v) is 18.2. The molecule has 0 amide bonds. The molecule has 1 saturated heterocycles. The molecule has 3 aromatic rings. The first-order valence-electron chi connectivity index (χ1n) is 10.8. The monoisotopic (exact) mass is 444 g/mol. The number of halogens is 3. The van der Waals surface area contributed by atoms with E-state index >= 15 is 0 Å². The number of nitrogens with zero attached hydrogens (tertiary/aromatic N) is 2. The number of likely N-dealkylation sites (N-methyl/N-ethyl adjacent to an activating group) is 1. The van der Waals surface area contributed by atoms with Gasteiger partial charge in [0.05, 0.1) is 0 Å². The third-order valence-electron chi connectivity index (χ3n) is 6.83. The average Bonchev–Trinajstić information content (AvgIpc) is 3.17. The number of hydrogen-bond acceptors (Lipinski definition) is 2. The van der Waals surface area contributed by atoms with Crippen LogP contribution in [0, 0.1) is 6.92 Å². The van der Waals surface area contributed by atoms with E-state index in [2.05, 4.69) is 72.0 Å². The molecule has 2 aliphatic heterocycles. The van der Waals surface area contributed by atoms with Crippen LogP contribution in [0.5, 0.6) is 0 Å². The van der Waals surface area contributed by atoms with Gasteiger partial charge in [-0.3, -0.25) is 4.90 Å². The number of carbonyl (C=O) groups is 1. The van der Waals surface area contributed by atoms with Gasteiger partial charge in [-0.2, -0.15) is 13.2 Å². The number of benzene rings is 2. The lowest BCUT2D eigenvalue weighted by molar-refractivity contribution is -0.192. The number of fused-ring (bicyclic) bond motifs is 6. The average molecular weight is 444 g/mol. The number of hydrogen-bond donors (Lipinski definition) is 1. The molecule has 0 radical (unpaired) electrons. The van der Waals surface area contributed by atoms with Gasteiger partial charge >= 0.3 is 12.1 Å². The van der Waals surface area contributed by atoms with Crippen molar-refractivity contribution in [3.63, 3.8) is 0 Å². The van der Waals surface area contributed by atoms with E-state index in [-0.39, 0.29) is 0 Å². The Morgan fingerprint density at radius 3 is 2.44 bits per heavy atom. The predicted octanol–water partition coefficient (Wildman–Crippen LogP) is 5.52. The van der Waals surface area contributed by atoms with Crippen LogP contribution in [0.4, 0.5) is 13.2 Å². The summed E-state index contributed by atoms with van der Waals surface area (Å²) >= 11 is 0. The van der Waals surface area contributed by atoms with E-state index in [1.165, 1.54) is 41.3 Å². The van der Waals surface area contributed by atoms with Crippen LogP contribution in [0.1, 0.15) is 41.3 Å². The van der Waals surface area contributed by atoms with E-state index in [1.54, 1.807) is 11.3 Å². The van der Waals surface area contributed by atoms with E-state index in [0.29, 0.717) is 6.04 Å². The Hall–Kier alpha value is -2.80. The van der Waals surface area contributed by atoms with Crippen molar-refractivity contribution < 1.29 is 23.1 Å². The topological polar surface area (TPSA) is 45.5 Å². The molecule has 2 aromatic carbocycles. The Morgan fingerprint density at radius 2 is 1.75 bits per heavy atom. The van der Waals surface area contributed by atoms with Crippen LogP contribution in [-0.2, 0) is 24.2 Å². The van der Waals surface area contributed by atoms with Crippen LogP contribution in [-0.4, -0.2) is 39.8 Å². The highest BCUT2D eigenvalue weighted by Crippen LogP contribution is 2.46. The molecule has 0 spiro atoms. The lowest BCUT2D eigenvalue weighted by Gasteiger charge is -2.32. The number of carboxylic acid groups (broad SMARTS) is 1. The summed E-state index contributed by atoms with van der Waals surface area (Å²) in [5, 5.41) is 8.61. The molecule has 4 nitrogen and oxygen atoms in total. The van der Waals surface area contributed by atoms with E-state index in [9.17, 15) is 13.2 Å². The van der Waals surface area contributed by atoms with Crippen molar-refractivity contribution in [2.75, 3.05) is 7.05 Å². The zero-order chi connectivity index (χ0) is 23.0. The Balaban J connectivity index is 0.000000307. The number of para-hydroxylation sites is 1. The summed E-state index contributed by atoms with van der Waals surface area (Å²) in [5.74, 6) is -2.76. The summed E-state index contributed by atoms with van der Waals surface area (Å²) in [6, 6.07) is 19.2. The molecule has 5 rings (SSSR count). The second-order valence-corrected chi connectivity index (χ2v) is 8.63. The smallest absolute Gasteiger partial charge is 0.475 e. The predicted molar refractivity (Wildman–Crippen MR) is 118 cm³/mol. The minimum absolute atomic E-state index is 0.623. The highest BCUT2D eigenvalue weighted by molar-refractivity contribution is 5.86. The van der Waals surface area contributed by atoms with Gasteiger partial charge in [0.25, 0.3) is 0 Å². The molecule has 3 heterocycles. The molecule has 170 valence electrons.